The zero-order valence-electron chi connectivity index (χ0n) is 12.6. The summed E-state index contributed by atoms with van der Waals surface area (Å²) in [7, 11) is -1.25. The number of ether oxygens (including phenoxy) is 2. The van der Waals surface area contributed by atoms with Crippen LogP contribution in [-0.2, 0) is 10.0 Å². The number of sulfonamides is 1. The summed E-state index contributed by atoms with van der Waals surface area (Å²) in [5, 5.41) is 0. The largest absolute Gasteiger partial charge is 0.493 e. The predicted molar refractivity (Wildman–Crippen MR) is 80.1 cm³/mol. The average molecular weight is 332 g/mol. The van der Waals surface area contributed by atoms with Gasteiger partial charge in [0.05, 0.1) is 14.2 Å². The van der Waals surface area contributed by atoms with Crippen molar-refractivity contribution in [3.05, 3.63) is 17.9 Å². The lowest BCUT2D eigenvalue weighted by Crippen LogP contribution is -2.40. The third-order valence-electron chi connectivity index (χ3n) is 3.82. The molecule has 0 unspecified atom stereocenters. The Balaban J connectivity index is 2.25. The van der Waals surface area contributed by atoms with Crippen molar-refractivity contribution in [1.29, 1.82) is 0 Å². The summed E-state index contributed by atoms with van der Waals surface area (Å²) in [6.07, 6.45) is 2.80. The van der Waals surface area contributed by atoms with Crippen LogP contribution in [0.1, 0.15) is 25.7 Å². The highest BCUT2D eigenvalue weighted by Gasteiger charge is 2.27. The van der Waals surface area contributed by atoms with Gasteiger partial charge < -0.3 is 15.2 Å². The minimum Gasteiger partial charge on any atom is -0.493 e. The molecule has 1 aliphatic rings. The number of methoxy groups -OCH3 is 2. The van der Waals surface area contributed by atoms with Crippen LogP contribution in [0.15, 0.2) is 17.0 Å². The quantitative estimate of drug-likeness (QED) is 0.850. The average Bonchev–Trinajstić information content (AvgIpc) is 2.48. The fourth-order valence-electron chi connectivity index (χ4n) is 2.56. The summed E-state index contributed by atoms with van der Waals surface area (Å²) < 4.78 is 51.4. The number of hydrogen-bond donors (Lipinski definition) is 2. The van der Waals surface area contributed by atoms with Crippen LogP contribution in [0.4, 0.5) is 4.39 Å². The molecule has 0 radical (unpaired) electrons. The Kier molecular flexibility index (Phi) is 5.25. The van der Waals surface area contributed by atoms with Gasteiger partial charge in [-0.3, -0.25) is 0 Å². The molecule has 0 amide bonds. The van der Waals surface area contributed by atoms with Crippen molar-refractivity contribution in [1.82, 2.24) is 4.72 Å². The van der Waals surface area contributed by atoms with Gasteiger partial charge in [-0.2, -0.15) is 0 Å². The third kappa shape index (κ3) is 3.68. The van der Waals surface area contributed by atoms with E-state index in [2.05, 4.69) is 4.72 Å². The van der Waals surface area contributed by atoms with Crippen LogP contribution in [0.5, 0.6) is 11.5 Å². The first-order valence-electron chi connectivity index (χ1n) is 7.07. The molecule has 1 aromatic carbocycles. The molecule has 1 aromatic rings. The van der Waals surface area contributed by atoms with Gasteiger partial charge in [0, 0.05) is 24.2 Å². The molecule has 124 valence electrons. The van der Waals surface area contributed by atoms with Crippen molar-refractivity contribution in [2.24, 2.45) is 5.73 Å². The second kappa shape index (κ2) is 6.80. The van der Waals surface area contributed by atoms with Gasteiger partial charge in [0.15, 0.2) is 11.5 Å². The van der Waals surface area contributed by atoms with E-state index < -0.39 is 20.7 Å². The molecule has 0 heterocycles. The molecule has 22 heavy (non-hydrogen) atoms. The maximum Gasteiger partial charge on any atom is 0.243 e. The maximum absolute atomic E-state index is 14.1. The van der Waals surface area contributed by atoms with E-state index in [0.29, 0.717) is 12.8 Å². The highest BCUT2D eigenvalue weighted by molar-refractivity contribution is 7.89. The number of halogens is 1. The molecule has 0 atom stereocenters. The first-order chi connectivity index (χ1) is 10.4. The Labute approximate surface area is 129 Å². The van der Waals surface area contributed by atoms with Crippen molar-refractivity contribution in [2.45, 2.75) is 42.7 Å². The van der Waals surface area contributed by atoms with Gasteiger partial charge in [0.25, 0.3) is 0 Å². The van der Waals surface area contributed by atoms with Crippen molar-refractivity contribution in [3.63, 3.8) is 0 Å². The van der Waals surface area contributed by atoms with E-state index in [1.807, 2.05) is 0 Å². The summed E-state index contributed by atoms with van der Waals surface area (Å²) >= 11 is 0. The van der Waals surface area contributed by atoms with Crippen LogP contribution >= 0.6 is 0 Å². The molecule has 0 saturated heterocycles. The fraction of sp³-hybridized carbons (Fsp3) is 0.571. The Morgan fingerprint density at radius 3 is 2.23 bits per heavy atom. The summed E-state index contributed by atoms with van der Waals surface area (Å²) in [4.78, 5) is -0.444. The van der Waals surface area contributed by atoms with Gasteiger partial charge in [-0.1, -0.05) is 0 Å². The standard InChI is InChI=1S/C14H21FN2O4S/c1-20-12-7-11(15)14(8-13(12)21-2)22(18,19)17-10-5-3-9(16)4-6-10/h7-10,17H,3-6,16H2,1-2H3. The molecule has 1 saturated carbocycles. The van der Waals surface area contributed by atoms with Crippen LogP contribution in [-0.4, -0.2) is 34.7 Å². The van der Waals surface area contributed by atoms with E-state index in [-0.39, 0.29) is 23.6 Å². The van der Waals surface area contributed by atoms with Crippen LogP contribution < -0.4 is 19.9 Å². The number of benzene rings is 1. The normalized spacial score (nSPS) is 22.4. The molecule has 1 aliphatic carbocycles. The smallest absolute Gasteiger partial charge is 0.243 e. The van der Waals surface area contributed by atoms with E-state index in [4.69, 9.17) is 15.2 Å². The van der Waals surface area contributed by atoms with Gasteiger partial charge in [0.1, 0.15) is 10.7 Å². The highest BCUT2D eigenvalue weighted by Crippen LogP contribution is 2.32. The Morgan fingerprint density at radius 2 is 1.68 bits per heavy atom. The van der Waals surface area contributed by atoms with Gasteiger partial charge >= 0.3 is 0 Å². The van der Waals surface area contributed by atoms with Crippen LogP contribution in [0.2, 0.25) is 0 Å². The van der Waals surface area contributed by atoms with Gasteiger partial charge in [-0.15, -0.1) is 0 Å². The van der Waals surface area contributed by atoms with Crippen molar-refractivity contribution in [2.75, 3.05) is 14.2 Å². The lowest BCUT2D eigenvalue weighted by atomic mass is 9.93. The molecule has 3 N–H and O–H groups in total. The first kappa shape index (κ1) is 17.0. The van der Waals surface area contributed by atoms with Gasteiger partial charge in [-0.25, -0.2) is 17.5 Å². The van der Waals surface area contributed by atoms with Crippen molar-refractivity contribution >= 4 is 10.0 Å². The zero-order valence-corrected chi connectivity index (χ0v) is 13.5. The molecular weight excluding hydrogens is 311 g/mol. The molecule has 0 aliphatic heterocycles. The van der Waals surface area contributed by atoms with Crippen molar-refractivity contribution in [3.8, 4) is 11.5 Å². The molecule has 8 heteroatoms. The van der Waals surface area contributed by atoms with E-state index in [1.54, 1.807) is 0 Å². The SMILES string of the molecule is COc1cc(F)c(S(=O)(=O)NC2CCC(N)CC2)cc1OC. The second-order valence-corrected chi connectivity index (χ2v) is 7.05. The summed E-state index contributed by atoms with van der Waals surface area (Å²) in [6.45, 7) is 0. The number of hydrogen-bond acceptors (Lipinski definition) is 5. The minimum atomic E-state index is -3.97. The Bertz CT molecular complexity index is 628. The molecule has 1 fully saturated rings. The number of nitrogens with one attached hydrogen (secondary N) is 1. The summed E-state index contributed by atoms with van der Waals surface area (Å²) in [6, 6.07) is 2.02. The first-order valence-corrected chi connectivity index (χ1v) is 8.55. The number of nitrogens with two attached hydrogens (primary N) is 1. The predicted octanol–water partition coefficient (Wildman–Crippen LogP) is 1.39. The lowest BCUT2D eigenvalue weighted by Gasteiger charge is -2.26. The van der Waals surface area contributed by atoms with Crippen LogP contribution in [0.3, 0.4) is 0 Å². The van der Waals surface area contributed by atoms with E-state index in [1.165, 1.54) is 14.2 Å². The third-order valence-corrected chi connectivity index (χ3v) is 5.36. The number of rotatable bonds is 5. The fourth-order valence-corrected chi connectivity index (χ4v) is 3.94. The van der Waals surface area contributed by atoms with Crippen LogP contribution in [0.25, 0.3) is 0 Å². The van der Waals surface area contributed by atoms with E-state index >= 15 is 0 Å². The molecule has 6 nitrogen and oxygen atoms in total. The molecule has 0 spiro atoms. The lowest BCUT2D eigenvalue weighted by molar-refractivity contribution is 0.349. The Hall–Kier alpha value is -1.38. The molecule has 0 bridgehead atoms. The van der Waals surface area contributed by atoms with Gasteiger partial charge in [0.2, 0.25) is 10.0 Å². The monoisotopic (exact) mass is 332 g/mol. The van der Waals surface area contributed by atoms with Gasteiger partial charge in [-0.05, 0) is 25.7 Å². The maximum atomic E-state index is 14.1. The van der Waals surface area contributed by atoms with Crippen molar-refractivity contribution < 1.29 is 22.3 Å². The highest BCUT2D eigenvalue weighted by atomic mass is 32.2. The molecular formula is C14H21FN2O4S. The molecule has 0 aromatic heterocycles. The summed E-state index contributed by atoms with van der Waals surface area (Å²) in [5.74, 6) is -0.574. The second-order valence-electron chi connectivity index (χ2n) is 5.37. The van der Waals surface area contributed by atoms with Crippen LogP contribution in [0, 0.1) is 5.82 Å². The summed E-state index contributed by atoms with van der Waals surface area (Å²) in [5.41, 5.74) is 5.80. The Morgan fingerprint density at radius 1 is 1.14 bits per heavy atom. The topological polar surface area (TPSA) is 90.7 Å². The minimum absolute atomic E-state index is 0.110. The van der Waals surface area contributed by atoms with E-state index in [0.717, 1.165) is 25.0 Å². The molecule has 2 rings (SSSR count). The zero-order chi connectivity index (χ0) is 16.3. The van der Waals surface area contributed by atoms with E-state index in [9.17, 15) is 12.8 Å².